The van der Waals surface area contributed by atoms with E-state index in [9.17, 15) is 0 Å². The fourth-order valence-electron chi connectivity index (χ4n) is 2.47. The standard InChI is InChI=1S/C17H24N4/c1-13-14(2)19-20-17(16(13)12-18)21(3)11-7-10-15-8-5-4-6-9-15/h4-6,8-9H,7,10-12,18H2,1-3H3. The molecule has 0 aliphatic rings. The van der Waals surface area contributed by atoms with E-state index < -0.39 is 0 Å². The molecule has 0 fully saturated rings. The van der Waals surface area contributed by atoms with Crippen LogP contribution < -0.4 is 10.6 Å². The minimum absolute atomic E-state index is 0.501. The summed E-state index contributed by atoms with van der Waals surface area (Å²) in [5.74, 6) is 0.911. The first-order chi connectivity index (χ1) is 10.1. The Labute approximate surface area is 127 Å². The first kappa shape index (κ1) is 15.4. The van der Waals surface area contributed by atoms with Crippen LogP contribution in [0.1, 0.15) is 28.8 Å². The zero-order chi connectivity index (χ0) is 15.2. The molecule has 0 saturated carbocycles. The zero-order valence-electron chi connectivity index (χ0n) is 13.1. The highest BCUT2D eigenvalue weighted by molar-refractivity contribution is 5.50. The summed E-state index contributed by atoms with van der Waals surface area (Å²) in [7, 11) is 2.06. The number of anilines is 1. The third kappa shape index (κ3) is 3.79. The number of nitrogens with two attached hydrogens (primary N) is 1. The molecule has 1 aromatic carbocycles. The Hall–Kier alpha value is -1.94. The van der Waals surface area contributed by atoms with Gasteiger partial charge in [0.2, 0.25) is 0 Å². The predicted molar refractivity (Wildman–Crippen MR) is 87.4 cm³/mol. The fraction of sp³-hybridized carbons (Fsp3) is 0.412. The van der Waals surface area contributed by atoms with Crippen molar-refractivity contribution in [2.75, 3.05) is 18.5 Å². The molecular weight excluding hydrogens is 260 g/mol. The van der Waals surface area contributed by atoms with E-state index in [0.717, 1.165) is 42.0 Å². The Bertz CT molecular complexity index is 581. The lowest BCUT2D eigenvalue weighted by molar-refractivity contribution is 0.756. The summed E-state index contributed by atoms with van der Waals surface area (Å²) in [6.07, 6.45) is 2.15. The lowest BCUT2D eigenvalue weighted by atomic mass is 10.1. The second-order valence-electron chi connectivity index (χ2n) is 5.43. The van der Waals surface area contributed by atoms with Crippen LogP contribution in [0.15, 0.2) is 30.3 Å². The number of benzene rings is 1. The SMILES string of the molecule is Cc1nnc(N(C)CCCc2ccccc2)c(CN)c1C. The Morgan fingerprint density at radius 2 is 1.81 bits per heavy atom. The summed E-state index contributed by atoms with van der Waals surface area (Å²) >= 11 is 0. The van der Waals surface area contributed by atoms with Crippen molar-refractivity contribution >= 4 is 5.82 Å². The number of hydrogen-bond donors (Lipinski definition) is 1. The maximum Gasteiger partial charge on any atom is 0.155 e. The lowest BCUT2D eigenvalue weighted by Crippen LogP contribution is -2.24. The number of nitrogens with zero attached hydrogens (tertiary/aromatic N) is 3. The minimum atomic E-state index is 0.501. The van der Waals surface area contributed by atoms with Gasteiger partial charge in [-0.3, -0.25) is 0 Å². The van der Waals surface area contributed by atoms with Crippen LogP contribution in [0.2, 0.25) is 0 Å². The van der Waals surface area contributed by atoms with E-state index in [4.69, 9.17) is 5.73 Å². The molecule has 21 heavy (non-hydrogen) atoms. The Morgan fingerprint density at radius 1 is 1.10 bits per heavy atom. The molecule has 0 saturated heterocycles. The fourth-order valence-corrected chi connectivity index (χ4v) is 2.47. The highest BCUT2D eigenvalue weighted by atomic mass is 15.2. The summed E-state index contributed by atoms with van der Waals surface area (Å²) in [6.45, 7) is 5.48. The van der Waals surface area contributed by atoms with Gasteiger partial charge in [0.05, 0.1) is 5.69 Å². The third-order valence-electron chi connectivity index (χ3n) is 3.93. The molecular formula is C17H24N4. The van der Waals surface area contributed by atoms with Crippen LogP contribution in [0.5, 0.6) is 0 Å². The quantitative estimate of drug-likeness (QED) is 0.886. The Kier molecular flexibility index (Phi) is 5.28. The number of rotatable bonds is 6. The van der Waals surface area contributed by atoms with E-state index in [2.05, 4.69) is 53.3 Å². The van der Waals surface area contributed by atoms with E-state index in [-0.39, 0.29) is 0 Å². The highest BCUT2D eigenvalue weighted by Gasteiger charge is 2.13. The van der Waals surface area contributed by atoms with Crippen molar-refractivity contribution < 1.29 is 0 Å². The van der Waals surface area contributed by atoms with E-state index in [1.807, 2.05) is 13.0 Å². The molecule has 2 rings (SSSR count). The average molecular weight is 284 g/mol. The molecule has 0 bridgehead atoms. The Balaban J connectivity index is 2.00. The second-order valence-corrected chi connectivity index (χ2v) is 5.43. The zero-order valence-corrected chi connectivity index (χ0v) is 13.1. The summed E-state index contributed by atoms with van der Waals surface area (Å²) in [5, 5.41) is 8.56. The van der Waals surface area contributed by atoms with Gasteiger partial charge in [-0.25, -0.2) is 0 Å². The Morgan fingerprint density at radius 3 is 2.48 bits per heavy atom. The van der Waals surface area contributed by atoms with Gasteiger partial charge >= 0.3 is 0 Å². The van der Waals surface area contributed by atoms with Crippen molar-refractivity contribution in [2.24, 2.45) is 5.73 Å². The lowest BCUT2D eigenvalue weighted by Gasteiger charge is -2.21. The molecule has 4 nitrogen and oxygen atoms in total. The maximum atomic E-state index is 5.88. The largest absolute Gasteiger partial charge is 0.358 e. The molecule has 2 aromatic rings. The second kappa shape index (κ2) is 7.18. The van der Waals surface area contributed by atoms with Crippen LogP contribution in [0.4, 0.5) is 5.82 Å². The topological polar surface area (TPSA) is 55.0 Å². The minimum Gasteiger partial charge on any atom is -0.358 e. The van der Waals surface area contributed by atoms with Crippen LogP contribution in [0.3, 0.4) is 0 Å². The van der Waals surface area contributed by atoms with Crippen molar-refractivity contribution in [1.82, 2.24) is 10.2 Å². The number of aromatic nitrogens is 2. The van der Waals surface area contributed by atoms with Crippen LogP contribution >= 0.6 is 0 Å². The number of hydrogen-bond acceptors (Lipinski definition) is 4. The van der Waals surface area contributed by atoms with Gasteiger partial charge in [0.1, 0.15) is 0 Å². The molecule has 4 heteroatoms. The first-order valence-electron chi connectivity index (χ1n) is 7.41. The molecule has 0 aliphatic carbocycles. The van der Waals surface area contributed by atoms with E-state index in [1.165, 1.54) is 5.56 Å². The first-order valence-corrected chi connectivity index (χ1v) is 7.41. The average Bonchev–Trinajstić information content (AvgIpc) is 2.50. The van der Waals surface area contributed by atoms with Crippen molar-refractivity contribution in [2.45, 2.75) is 33.2 Å². The molecule has 0 radical (unpaired) electrons. The van der Waals surface area contributed by atoms with Crippen LogP contribution in [-0.4, -0.2) is 23.8 Å². The molecule has 112 valence electrons. The van der Waals surface area contributed by atoms with Gasteiger partial charge in [-0.15, -0.1) is 5.10 Å². The summed E-state index contributed by atoms with van der Waals surface area (Å²) in [4.78, 5) is 2.16. The van der Waals surface area contributed by atoms with Crippen LogP contribution in [-0.2, 0) is 13.0 Å². The maximum absolute atomic E-state index is 5.88. The third-order valence-corrected chi connectivity index (χ3v) is 3.93. The molecule has 1 heterocycles. The van der Waals surface area contributed by atoms with Gasteiger partial charge in [0, 0.05) is 25.7 Å². The van der Waals surface area contributed by atoms with Gasteiger partial charge in [0.15, 0.2) is 5.82 Å². The van der Waals surface area contributed by atoms with Crippen molar-refractivity contribution in [3.63, 3.8) is 0 Å². The summed E-state index contributed by atoms with van der Waals surface area (Å²) in [5.41, 5.74) is 10.5. The smallest absolute Gasteiger partial charge is 0.155 e. The van der Waals surface area contributed by atoms with Gasteiger partial charge < -0.3 is 10.6 Å². The molecule has 1 aromatic heterocycles. The van der Waals surface area contributed by atoms with Gasteiger partial charge in [0.25, 0.3) is 0 Å². The normalized spacial score (nSPS) is 10.7. The predicted octanol–water partition coefficient (Wildman–Crippen LogP) is 2.62. The molecule has 0 aliphatic heterocycles. The molecule has 0 amide bonds. The van der Waals surface area contributed by atoms with Crippen LogP contribution in [0, 0.1) is 13.8 Å². The molecule has 0 unspecified atom stereocenters. The van der Waals surface area contributed by atoms with Gasteiger partial charge in [-0.1, -0.05) is 30.3 Å². The molecule has 2 N–H and O–H groups in total. The monoisotopic (exact) mass is 284 g/mol. The van der Waals surface area contributed by atoms with Gasteiger partial charge in [-0.05, 0) is 37.8 Å². The highest BCUT2D eigenvalue weighted by Crippen LogP contribution is 2.21. The van der Waals surface area contributed by atoms with Crippen molar-refractivity contribution in [3.8, 4) is 0 Å². The van der Waals surface area contributed by atoms with Crippen molar-refractivity contribution in [1.29, 1.82) is 0 Å². The van der Waals surface area contributed by atoms with E-state index in [1.54, 1.807) is 0 Å². The van der Waals surface area contributed by atoms with E-state index >= 15 is 0 Å². The number of aryl methyl sites for hydroxylation is 2. The van der Waals surface area contributed by atoms with Crippen LogP contribution in [0.25, 0.3) is 0 Å². The van der Waals surface area contributed by atoms with Gasteiger partial charge in [-0.2, -0.15) is 5.10 Å². The summed E-state index contributed by atoms with van der Waals surface area (Å²) < 4.78 is 0. The summed E-state index contributed by atoms with van der Waals surface area (Å²) in [6, 6.07) is 10.6. The molecule has 0 atom stereocenters. The van der Waals surface area contributed by atoms with Crippen molar-refractivity contribution in [3.05, 3.63) is 52.7 Å². The molecule has 0 spiro atoms. The van der Waals surface area contributed by atoms with E-state index in [0.29, 0.717) is 6.54 Å².